The Kier molecular flexibility index (Phi) is 4.63. The lowest BCUT2D eigenvalue weighted by atomic mass is 10.2. The number of halogens is 1. The summed E-state index contributed by atoms with van der Waals surface area (Å²) < 4.78 is 6.16. The van der Waals surface area contributed by atoms with E-state index in [1.807, 2.05) is 31.2 Å². The molecule has 0 atom stereocenters. The second kappa shape index (κ2) is 6.43. The predicted octanol–water partition coefficient (Wildman–Crippen LogP) is 3.36. The van der Waals surface area contributed by atoms with Gasteiger partial charge in [0.1, 0.15) is 5.75 Å². The quantitative estimate of drug-likeness (QED) is 0.842. The molecule has 0 aliphatic carbocycles. The lowest BCUT2D eigenvalue weighted by Gasteiger charge is -2.11. The summed E-state index contributed by atoms with van der Waals surface area (Å²) in [7, 11) is 0. The summed E-state index contributed by atoms with van der Waals surface area (Å²) in [4.78, 5) is 11.8. The lowest BCUT2D eigenvalue weighted by Crippen LogP contribution is -2.20. The number of benzene rings is 2. The van der Waals surface area contributed by atoms with E-state index in [1.165, 1.54) is 0 Å². The Morgan fingerprint density at radius 1 is 1.30 bits per heavy atom. The van der Waals surface area contributed by atoms with Gasteiger partial charge in [-0.05, 0) is 52.7 Å². The number of carbonyl (C=O) groups excluding carboxylic acids is 1. The topological polar surface area (TPSA) is 64.3 Å². The highest BCUT2D eigenvalue weighted by Crippen LogP contribution is 2.27. The molecule has 2 rings (SSSR count). The lowest BCUT2D eigenvalue weighted by molar-refractivity contribution is -0.118. The van der Waals surface area contributed by atoms with E-state index in [4.69, 9.17) is 10.5 Å². The monoisotopic (exact) mass is 334 g/mol. The molecule has 4 nitrogen and oxygen atoms in total. The van der Waals surface area contributed by atoms with Crippen LogP contribution in [0.2, 0.25) is 0 Å². The molecule has 0 unspecified atom stereocenters. The van der Waals surface area contributed by atoms with Crippen LogP contribution in [-0.4, -0.2) is 12.5 Å². The Bertz CT molecular complexity index is 615. The van der Waals surface area contributed by atoms with Crippen LogP contribution in [0.5, 0.6) is 5.75 Å². The van der Waals surface area contributed by atoms with Gasteiger partial charge in [-0.1, -0.05) is 18.2 Å². The number of nitrogens with one attached hydrogen (secondary N) is 1. The zero-order chi connectivity index (χ0) is 14.5. The molecule has 20 heavy (non-hydrogen) atoms. The van der Waals surface area contributed by atoms with E-state index in [2.05, 4.69) is 21.2 Å². The highest BCUT2D eigenvalue weighted by molar-refractivity contribution is 9.10. The van der Waals surface area contributed by atoms with Gasteiger partial charge >= 0.3 is 0 Å². The average Bonchev–Trinajstić information content (AvgIpc) is 2.44. The maximum absolute atomic E-state index is 11.8. The number of rotatable bonds is 4. The van der Waals surface area contributed by atoms with Crippen molar-refractivity contribution in [2.45, 2.75) is 6.92 Å². The zero-order valence-electron chi connectivity index (χ0n) is 11.0. The van der Waals surface area contributed by atoms with Crippen LogP contribution in [0, 0.1) is 6.92 Å². The molecule has 0 fully saturated rings. The summed E-state index contributed by atoms with van der Waals surface area (Å²) >= 11 is 3.39. The Balaban J connectivity index is 1.97. The van der Waals surface area contributed by atoms with Crippen molar-refractivity contribution < 1.29 is 9.53 Å². The number of ether oxygens (including phenoxy) is 1. The average molecular weight is 335 g/mol. The van der Waals surface area contributed by atoms with Crippen LogP contribution in [0.3, 0.4) is 0 Å². The Morgan fingerprint density at radius 2 is 2.00 bits per heavy atom. The summed E-state index contributed by atoms with van der Waals surface area (Å²) in [5.74, 6) is 0.419. The molecule has 5 heteroatoms. The number of hydrogen-bond donors (Lipinski definition) is 2. The number of aryl methyl sites for hydroxylation is 1. The number of carbonyl (C=O) groups is 1. The normalized spacial score (nSPS) is 10.1. The van der Waals surface area contributed by atoms with Crippen LogP contribution >= 0.6 is 15.9 Å². The SMILES string of the molecule is Cc1cc(Br)c(NC(=O)COc2ccccc2)cc1N. The van der Waals surface area contributed by atoms with Gasteiger partial charge in [0.25, 0.3) is 5.91 Å². The first-order chi connectivity index (χ1) is 9.56. The van der Waals surface area contributed by atoms with E-state index >= 15 is 0 Å². The van der Waals surface area contributed by atoms with Crippen molar-refractivity contribution in [2.24, 2.45) is 0 Å². The van der Waals surface area contributed by atoms with Crippen molar-refractivity contribution in [1.29, 1.82) is 0 Å². The summed E-state index contributed by atoms with van der Waals surface area (Å²) in [6.07, 6.45) is 0. The summed E-state index contributed by atoms with van der Waals surface area (Å²) in [6.45, 7) is 1.86. The van der Waals surface area contributed by atoms with Crippen molar-refractivity contribution >= 4 is 33.2 Å². The predicted molar refractivity (Wildman–Crippen MR) is 83.9 cm³/mol. The van der Waals surface area contributed by atoms with E-state index in [0.717, 1.165) is 10.0 Å². The highest BCUT2D eigenvalue weighted by Gasteiger charge is 2.08. The molecule has 3 N–H and O–H groups in total. The molecular weight excluding hydrogens is 320 g/mol. The molecule has 0 saturated heterocycles. The smallest absolute Gasteiger partial charge is 0.262 e. The van der Waals surface area contributed by atoms with E-state index in [0.29, 0.717) is 17.1 Å². The fraction of sp³-hybridized carbons (Fsp3) is 0.133. The first-order valence-corrected chi connectivity index (χ1v) is 6.89. The number of nitrogen functional groups attached to an aromatic ring is 1. The number of hydrogen-bond acceptors (Lipinski definition) is 3. The molecule has 2 aromatic carbocycles. The molecule has 2 aromatic rings. The van der Waals surface area contributed by atoms with Gasteiger partial charge in [-0.25, -0.2) is 0 Å². The van der Waals surface area contributed by atoms with E-state index < -0.39 is 0 Å². The van der Waals surface area contributed by atoms with Crippen molar-refractivity contribution in [2.75, 3.05) is 17.7 Å². The minimum Gasteiger partial charge on any atom is -0.484 e. The number of nitrogens with two attached hydrogens (primary N) is 1. The largest absolute Gasteiger partial charge is 0.484 e. The number of para-hydroxylation sites is 1. The molecule has 1 amide bonds. The van der Waals surface area contributed by atoms with Crippen molar-refractivity contribution in [1.82, 2.24) is 0 Å². The van der Waals surface area contributed by atoms with Gasteiger partial charge in [0, 0.05) is 10.2 Å². The molecule has 0 spiro atoms. The molecule has 0 bridgehead atoms. The second-order valence-corrected chi connectivity index (χ2v) is 5.19. The van der Waals surface area contributed by atoms with Crippen LogP contribution < -0.4 is 15.8 Å². The fourth-order valence-electron chi connectivity index (χ4n) is 1.64. The first kappa shape index (κ1) is 14.4. The summed E-state index contributed by atoms with van der Waals surface area (Å²) in [5.41, 5.74) is 8.05. The van der Waals surface area contributed by atoms with Gasteiger partial charge in [0.15, 0.2) is 6.61 Å². The summed E-state index contributed by atoms with van der Waals surface area (Å²) in [5, 5.41) is 2.76. The number of amides is 1. The molecule has 0 heterocycles. The molecule has 0 saturated carbocycles. The van der Waals surface area contributed by atoms with Crippen molar-refractivity contribution in [3.8, 4) is 5.75 Å². The maximum atomic E-state index is 11.8. The van der Waals surface area contributed by atoms with Gasteiger partial charge in [0.2, 0.25) is 0 Å². The fourth-order valence-corrected chi connectivity index (χ4v) is 2.19. The van der Waals surface area contributed by atoms with Crippen molar-refractivity contribution in [3.05, 3.63) is 52.5 Å². The second-order valence-electron chi connectivity index (χ2n) is 4.34. The Morgan fingerprint density at radius 3 is 2.70 bits per heavy atom. The van der Waals surface area contributed by atoms with Crippen molar-refractivity contribution in [3.63, 3.8) is 0 Å². The summed E-state index contributed by atoms with van der Waals surface area (Å²) in [6, 6.07) is 12.8. The molecule has 0 aromatic heterocycles. The third kappa shape index (κ3) is 3.74. The number of anilines is 2. The highest BCUT2D eigenvalue weighted by atomic mass is 79.9. The Hall–Kier alpha value is -2.01. The van der Waals surface area contributed by atoms with E-state index in [-0.39, 0.29) is 12.5 Å². The van der Waals surface area contributed by atoms with Gasteiger partial charge in [-0.3, -0.25) is 4.79 Å². The van der Waals surface area contributed by atoms with Crippen LogP contribution in [0.15, 0.2) is 46.9 Å². The zero-order valence-corrected chi connectivity index (χ0v) is 12.6. The minimum atomic E-state index is -0.238. The molecular formula is C15H15BrN2O2. The Labute approximate surface area is 126 Å². The van der Waals surface area contributed by atoms with Gasteiger partial charge in [0.05, 0.1) is 5.69 Å². The minimum absolute atomic E-state index is 0.0514. The standard InChI is InChI=1S/C15H15BrN2O2/c1-10-7-12(16)14(8-13(10)17)18-15(19)9-20-11-5-3-2-4-6-11/h2-8H,9,17H2,1H3,(H,18,19). The van der Waals surface area contributed by atoms with Crippen LogP contribution in [0.4, 0.5) is 11.4 Å². The molecule has 0 aliphatic rings. The first-order valence-electron chi connectivity index (χ1n) is 6.09. The van der Waals surface area contributed by atoms with Gasteiger partial charge in [-0.2, -0.15) is 0 Å². The van der Waals surface area contributed by atoms with E-state index in [1.54, 1.807) is 18.2 Å². The van der Waals surface area contributed by atoms with Gasteiger partial charge < -0.3 is 15.8 Å². The van der Waals surface area contributed by atoms with Crippen LogP contribution in [-0.2, 0) is 4.79 Å². The molecule has 0 radical (unpaired) electrons. The third-order valence-electron chi connectivity index (χ3n) is 2.74. The maximum Gasteiger partial charge on any atom is 0.262 e. The van der Waals surface area contributed by atoms with Gasteiger partial charge in [-0.15, -0.1) is 0 Å². The van der Waals surface area contributed by atoms with Crippen LogP contribution in [0.25, 0.3) is 0 Å². The van der Waals surface area contributed by atoms with Crippen LogP contribution in [0.1, 0.15) is 5.56 Å². The third-order valence-corrected chi connectivity index (χ3v) is 3.40. The molecule has 0 aliphatic heterocycles. The molecule has 104 valence electrons. The van der Waals surface area contributed by atoms with E-state index in [9.17, 15) is 4.79 Å².